The predicted octanol–water partition coefficient (Wildman–Crippen LogP) is 2.79. The van der Waals surface area contributed by atoms with Gasteiger partial charge < -0.3 is 10.6 Å². The molecule has 0 spiro atoms. The Balaban J connectivity index is 2.52. The lowest BCUT2D eigenvalue weighted by Gasteiger charge is -2.21. The summed E-state index contributed by atoms with van der Waals surface area (Å²) in [5, 5.41) is 0. The van der Waals surface area contributed by atoms with Crippen molar-refractivity contribution in [3.63, 3.8) is 0 Å². The number of aryl methyl sites for hydroxylation is 1. The van der Waals surface area contributed by atoms with Crippen LogP contribution in [0.5, 0.6) is 0 Å². The lowest BCUT2D eigenvalue weighted by Crippen LogP contribution is -2.20. The summed E-state index contributed by atoms with van der Waals surface area (Å²) in [5.74, 6) is 0.786. The molecule has 2 aromatic rings. The molecule has 0 aliphatic rings. The van der Waals surface area contributed by atoms with Gasteiger partial charge in [-0.3, -0.25) is 0 Å². The van der Waals surface area contributed by atoms with Crippen molar-refractivity contribution in [1.82, 2.24) is 4.98 Å². The molecule has 0 aliphatic carbocycles. The summed E-state index contributed by atoms with van der Waals surface area (Å²) in [5.41, 5.74) is 8.71. The summed E-state index contributed by atoms with van der Waals surface area (Å²) in [4.78, 5) is 6.76. The number of nitrogens with two attached hydrogens (primary N) is 1. The maximum Gasteiger partial charge on any atom is 0.143 e. The second-order valence-corrected chi connectivity index (χ2v) is 4.53. The van der Waals surface area contributed by atoms with Crippen molar-refractivity contribution in [2.24, 2.45) is 5.73 Å². The Morgan fingerprint density at radius 1 is 1.22 bits per heavy atom. The number of rotatable bonds is 3. The molecule has 3 nitrogen and oxygen atoms in total. The molecule has 0 unspecified atom stereocenters. The summed E-state index contributed by atoms with van der Waals surface area (Å²) in [6.07, 6.45) is 1.77. The Labute approximate surface area is 112 Å². The fraction of sp³-hybridized carbons (Fsp3) is 0.143. The lowest BCUT2D eigenvalue weighted by molar-refractivity contribution is 1.11. The molecule has 1 heterocycles. The molecule has 92 valence electrons. The third-order valence-electron chi connectivity index (χ3n) is 2.85. The van der Waals surface area contributed by atoms with Crippen molar-refractivity contribution < 1.29 is 0 Å². The number of hydrogen-bond donors (Lipinski definition) is 1. The third-order valence-corrected chi connectivity index (χ3v) is 3.05. The molecule has 0 saturated carbocycles. The molecule has 1 aromatic heterocycles. The van der Waals surface area contributed by atoms with E-state index in [1.807, 2.05) is 55.3 Å². The quantitative estimate of drug-likeness (QED) is 0.859. The molecule has 2 rings (SSSR count). The number of benzene rings is 1. The van der Waals surface area contributed by atoms with Crippen molar-refractivity contribution in [1.29, 1.82) is 0 Å². The first-order chi connectivity index (χ1) is 8.61. The fourth-order valence-electron chi connectivity index (χ4n) is 1.88. The van der Waals surface area contributed by atoms with E-state index in [1.165, 1.54) is 0 Å². The zero-order valence-electron chi connectivity index (χ0n) is 10.4. The first kappa shape index (κ1) is 12.5. The highest BCUT2D eigenvalue weighted by atomic mass is 32.1. The van der Waals surface area contributed by atoms with E-state index in [0.29, 0.717) is 4.99 Å². The van der Waals surface area contributed by atoms with Crippen molar-refractivity contribution in [3.05, 3.63) is 53.7 Å². The Morgan fingerprint density at radius 2 is 1.89 bits per heavy atom. The van der Waals surface area contributed by atoms with Crippen LogP contribution >= 0.6 is 12.2 Å². The molecule has 1 aromatic carbocycles. The average molecular weight is 257 g/mol. The Morgan fingerprint density at radius 3 is 2.50 bits per heavy atom. The van der Waals surface area contributed by atoms with E-state index < -0.39 is 0 Å². The summed E-state index contributed by atoms with van der Waals surface area (Å²) < 4.78 is 0. The second kappa shape index (κ2) is 5.14. The van der Waals surface area contributed by atoms with Crippen molar-refractivity contribution in [2.75, 3.05) is 11.9 Å². The highest BCUT2D eigenvalue weighted by Gasteiger charge is 2.14. The molecule has 0 bridgehead atoms. The Bertz CT molecular complexity index is 567. The van der Waals surface area contributed by atoms with Gasteiger partial charge in [0.05, 0.1) is 5.56 Å². The number of hydrogen-bond acceptors (Lipinski definition) is 3. The van der Waals surface area contributed by atoms with Gasteiger partial charge in [0, 0.05) is 18.9 Å². The molecule has 2 N–H and O–H groups in total. The van der Waals surface area contributed by atoms with Crippen LogP contribution in [0.15, 0.2) is 42.6 Å². The van der Waals surface area contributed by atoms with Crippen LogP contribution in [0.4, 0.5) is 11.5 Å². The molecule has 0 fully saturated rings. The Kier molecular flexibility index (Phi) is 3.58. The van der Waals surface area contributed by atoms with Crippen LogP contribution in [-0.4, -0.2) is 17.0 Å². The minimum absolute atomic E-state index is 0.374. The molecule has 0 saturated heterocycles. The summed E-state index contributed by atoms with van der Waals surface area (Å²) >= 11 is 5.12. The number of anilines is 2. The van der Waals surface area contributed by atoms with Gasteiger partial charge in [-0.2, -0.15) is 0 Å². The standard InChI is InChI=1S/C14H15N3S/c1-10-8-9-16-14(12(10)13(15)18)17(2)11-6-4-3-5-7-11/h3-9H,1-2H3,(H2,15,18). The zero-order chi connectivity index (χ0) is 13.1. The largest absolute Gasteiger partial charge is 0.389 e. The van der Waals surface area contributed by atoms with Crippen LogP contribution in [-0.2, 0) is 0 Å². The zero-order valence-corrected chi connectivity index (χ0v) is 11.2. The van der Waals surface area contributed by atoms with Crippen LogP contribution in [0, 0.1) is 6.92 Å². The fourth-order valence-corrected chi connectivity index (χ4v) is 2.13. The van der Waals surface area contributed by atoms with Gasteiger partial charge in [-0.1, -0.05) is 30.4 Å². The first-order valence-electron chi connectivity index (χ1n) is 5.65. The molecule has 0 radical (unpaired) electrons. The molecule has 0 amide bonds. The Hall–Kier alpha value is -1.94. The van der Waals surface area contributed by atoms with Crippen LogP contribution in [0.2, 0.25) is 0 Å². The summed E-state index contributed by atoms with van der Waals surface area (Å²) in [6.45, 7) is 1.98. The summed E-state index contributed by atoms with van der Waals surface area (Å²) in [6, 6.07) is 11.9. The number of aromatic nitrogens is 1. The SMILES string of the molecule is Cc1ccnc(N(C)c2ccccc2)c1C(N)=S. The summed E-state index contributed by atoms with van der Waals surface area (Å²) in [7, 11) is 1.96. The maximum atomic E-state index is 5.80. The third kappa shape index (κ3) is 2.33. The first-order valence-corrected chi connectivity index (χ1v) is 6.06. The minimum Gasteiger partial charge on any atom is -0.389 e. The number of pyridine rings is 1. The van der Waals surface area contributed by atoms with Gasteiger partial charge >= 0.3 is 0 Å². The number of thiocarbonyl (C=S) groups is 1. The number of nitrogens with zero attached hydrogens (tertiary/aromatic N) is 2. The average Bonchev–Trinajstić information content (AvgIpc) is 2.38. The van der Waals surface area contributed by atoms with Crippen LogP contribution in [0.25, 0.3) is 0 Å². The van der Waals surface area contributed by atoms with E-state index in [1.54, 1.807) is 6.20 Å². The highest BCUT2D eigenvalue weighted by Crippen LogP contribution is 2.26. The molecule has 18 heavy (non-hydrogen) atoms. The van der Waals surface area contributed by atoms with Gasteiger partial charge in [0.15, 0.2) is 0 Å². The van der Waals surface area contributed by atoms with Gasteiger partial charge in [-0.25, -0.2) is 4.98 Å². The molecule has 0 aliphatic heterocycles. The minimum atomic E-state index is 0.374. The van der Waals surface area contributed by atoms with E-state index in [2.05, 4.69) is 4.98 Å². The smallest absolute Gasteiger partial charge is 0.143 e. The van der Waals surface area contributed by atoms with Gasteiger partial charge in [-0.15, -0.1) is 0 Å². The highest BCUT2D eigenvalue weighted by molar-refractivity contribution is 7.80. The van der Waals surface area contributed by atoms with Crippen LogP contribution < -0.4 is 10.6 Å². The van der Waals surface area contributed by atoms with Crippen LogP contribution in [0.1, 0.15) is 11.1 Å². The van der Waals surface area contributed by atoms with Crippen molar-refractivity contribution in [2.45, 2.75) is 6.92 Å². The van der Waals surface area contributed by atoms with E-state index in [0.717, 1.165) is 22.6 Å². The van der Waals surface area contributed by atoms with E-state index in [-0.39, 0.29) is 0 Å². The molecule has 4 heteroatoms. The normalized spacial score (nSPS) is 10.1. The lowest BCUT2D eigenvalue weighted by atomic mass is 10.1. The topological polar surface area (TPSA) is 42.2 Å². The maximum absolute atomic E-state index is 5.80. The monoisotopic (exact) mass is 257 g/mol. The van der Waals surface area contributed by atoms with Crippen LogP contribution in [0.3, 0.4) is 0 Å². The van der Waals surface area contributed by atoms with E-state index >= 15 is 0 Å². The molecular weight excluding hydrogens is 242 g/mol. The van der Waals surface area contributed by atoms with E-state index in [9.17, 15) is 0 Å². The van der Waals surface area contributed by atoms with Gasteiger partial charge in [0.1, 0.15) is 10.8 Å². The van der Waals surface area contributed by atoms with Crippen molar-refractivity contribution >= 4 is 28.7 Å². The van der Waals surface area contributed by atoms with Gasteiger partial charge in [0.25, 0.3) is 0 Å². The predicted molar refractivity (Wildman–Crippen MR) is 79.4 cm³/mol. The molecular formula is C14H15N3S. The van der Waals surface area contributed by atoms with Crippen molar-refractivity contribution in [3.8, 4) is 0 Å². The van der Waals surface area contributed by atoms with Gasteiger partial charge in [0.2, 0.25) is 0 Å². The second-order valence-electron chi connectivity index (χ2n) is 4.09. The molecule has 0 atom stereocenters. The van der Waals surface area contributed by atoms with Gasteiger partial charge in [-0.05, 0) is 30.7 Å². The number of para-hydroxylation sites is 1. The van der Waals surface area contributed by atoms with E-state index in [4.69, 9.17) is 18.0 Å².